The second kappa shape index (κ2) is 6.88. The lowest BCUT2D eigenvalue weighted by atomic mass is 10.0. The summed E-state index contributed by atoms with van der Waals surface area (Å²) in [5, 5.41) is 12.1. The Morgan fingerprint density at radius 1 is 1.65 bits per heavy atom. The zero-order valence-electron chi connectivity index (χ0n) is 11.1. The predicted molar refractivity (Wildman–Crippen MR) is 88.0 cm³/mol. The van der Waals surface area contributed by atoms with Crippen LogP contribution in [0.4, 0.5) is 0 Å². The van der Waals surface area contributed by atoms with Crippen molar-refractivity contribution in [1.29, 1.82) is 5.26 Å². The molecule has 0 aliphatic carbocycles. The molecular formula is C14H15BrN2OS2. The normalized spacial score (nSPS) is 21.4. The van der Waals surface area contributed by atoms with E-state index >= 15 is 0 Å². The average Bonchev–Trinajstić information content (AvgIpc) is 2.87. The molecule has 0 unspecified atom stereocenters. The van der Waals surface area contributed by atoms with Crippen LogP contribution in [-0.4, -0.2) is 28.7 Å². The van der Waals surface area contributed by atoms with Crippen LogP contribution in [0.2, 0.25) is 0 Å². The Bertz CT molecular complexity index is 551. The summed E-state index contributed by atoms with van der Waals surface area (Å²) in [6.07, 6.45) is 0.738. The number of rotatable bonds is 4. The van der Waals surface area contributed by atoms with E-state index in [1.54, 1.807) is 11.8 Å². The van der Waals surface area contributed by atoms with Crippen molar-refractivity contribution in [1.82, 2.24) is 5.32 Å². The monoisotopic (exact) mass is 370 g/mol. The maximum atomic E-state index is 12.0. The fourth-order valence-electron chi connectivity index (χ4n) is 2.00. The third kappa shape index (κ3) is 3.94. The summed E-state index contributed by atoms with van der Waals surface area (Å²) in [4.78, 5) is 13.1. The minimum atomic E-state index is -0.656. The van der Waals surface area contributed by atoms with Crippen LogP contribution in [0.3, 0.4) is 0 Å². The van der Waals surface area contributed by atoms with Crippen molar-refractivity contribution in [2.24, 2.45) is 0 Å². The number of amides is 1. The number of hydrogen-bond donors (Lipinski definition) is 1. The quantitative estimate of drug-likeness (QED) is 0.825. The number of nitrogens with zero attached hydrogens (tertiary/aromatic N) is 1. The van der Waals surface area contributed by atoms with Crippen molar-refractivity contribution in [3.63, 3.8) is 0 Å². The third-order valence-electron chi connectivity index (χ3n) is 3.11. The maximum Gasteiger partial charge on any atom is 0.231 e. The molecule has 1 aromatic rings. The molecule has 0 bridgehead atoms. The van der Waals surface area contributed by atoms with Crippen LogP contribution < -0.4 is 5.32 Å². The van der Waals surface area contributed by atoms with Gasteiger partial charge < -0.3 is 5.32 Å². The number of carbonyl (C=O) groups excluding carboxylic acids is 1. The molecule has 1 N–H and O–H groups in total. The van der Waals surface area contributed by atoms with E-state index in [1.165, 1.54) is 11.8 Å². The topological polar surface area (TPSA) is 52.9 Å². The Hall–Kier alpha value is -0.640. The summed E-state index contributed by atoms with van der Waals surface area (Å²) >= 11 is 6.65. The summed E-state index contributed by atoms with van der Waals surface area (Å²) in [6, 6.07) is 8.26. The lowest BCUT2D eigenvalue weighted by molar-refractivity contribution is -0.119. The van der Waals surface area contributed by atoms with Gasteiger partial charge in [0.15, 0.2) is 0 Å². The van der Waals surface area contributed by atoms with Crippen LogP contribution in [0.5, 0.6) is 0 Å². The predicted octanol–water partition coefficient (Wildman–Crippen LogP) is 3.37. The van der Waals surface area contributed by atoms with Crippen molar-refractivity contribution in [3.8, 4) is 6.07 Å². The number of benzene rings is 1. The van der Waals surface area contributed by atoms with E-state index in [4.69, 9.17) is 0 Å². The Kier molecular flexibility index (Phi) is 5.42. The molecule has 1 saturated heterocycles. The van der Waals surface area contributed by atoms with E-state index in [2.05, 4.69) is 27.3 Å². The fourth-order valence-corrected chi connectivity index (χ4v) is 4.55. The van der Waals surface area contributed by atoms with E-state index in [0.717, 1.165) is 27.1 Å². The molecule has 1 heterocycles. The molecule has 1 aliphatic heterocycles. The highest BCUT2D eigenvalue weighted by Gasteiger charge is 2.35. The molecule has 0 spiro atoms. The first-order chi connectivity index (χ1) is 9.54. The molecule has 0 radical (unpaired) electrons. The number of hydrogen-bond acceptors (Lipinski definition) is 4. The van der Waals surface area contributed by atoms with Crippen LogP contribution in [0, 0.1) is 18.3 Å². The van der Waals surface area contributed by atoms with Gasteiger partial charge in [-0.25, -0.2) is 0 Å². The van der Waals surface area contributed by atoms with E-state index in [9.17, 15) is 10.1 Å². The molecule has 1 fully saturated rings. The van der Waals surface area contributed by atoms with Gasteiger partial charge in [-0.05, 0) is 42.9 Å². The zero-order valence-corrected chi connectivity index (χ0v) is 14.3. The van der Waals surface area contributed by atoms with Gasteiger partial charge in [-0.2, -0.15) is 17.0 Å². The first-order valence-electron chi connectivity index (χ1n) is 6.24. The van der Waals surface area contributed by atoms with Gasteiger partial charge in [-0.3, -0.25) is 4.79 Å². The van der Waals surface area contributed by atoms with E-state index < -0.39 is 5.54 Å². The van der Waals surface area contributed by atoms with E-state index in [0.29, 0.717) is 11.5 Å². The van der Waals surface area contributed by atoms with Crippen molar-refractivity contribution in [2.75, 3.05) is 17.3 Å². The lowest BCUT2D eigenvalue weighted by Crippen LogP contribution is -2.48. The standard InChI is InChI=1S/C14H15BrN2OS2/c1-10-6-11(15)2-3-12(10)20-7-13(18)17-14(8-16)4-5-19-9-14/h2-3,6H,4-5,7,9H2,1H3,(H,17,18)/t14-/m1/s1. The fraction of sp³-hybridized carbons (Fsp3) is 0.429. The summed E-state index contributed by atoms with van der Waals surface area (Å²) in [7, 11) is 0. The molecule has 1 aromatic carbocycles. The van der Waals surface area contributed by atoms with Crippen LogP contribution in [0.1, 0.15) is 12.0 Å². The Morgan fingerprint density at radius 3 is 3.05 bits per heavy atom. The number of aryl methyl sites for hydroxylation is 1. The average molecular weight is 371 g/mol. The number of nitriles is 1. The number of halogens is 1. The van der Waals surface area contributed by atoms with Gasteiger partial charge in [0.25, 0.3) is 0 Å². The number of nitrogens with one attached hydrogen (secondary N) is 1. The molecule has 1 aliphatic rings. The zero-order chi connectivity index (χ0) is 14.6. The Morgan fingerprint density at radius 2 is 2.45 bits per heavy atom. The molecule has 20 heavy (non-hydrogen) atoms. The first-order valence-corrected chi connectivity index (χ1v) is 9.17. The highest BCUT2D eigenvalue weighted by molar-refractivity contribution is 9.10. The van der Waals surface area contributed by atoms with Crippen LogP contribution in [-0.2, 0) is 4.79 Å². The van der Waals surface area contributed by atoms with Gasteiger partial charge in [0.2, 0.25) is 5.91 Å². The molecule has 3 nitrogen and oxygen atoms in total. The SMILES string of the molecule is Cc1cc(Br)ccc1SCC(=O)N[C@@]1(C#N)CCSC1. The van der Waals surface area contributed by atoms with Crippen LogP contribution in [0.25, 0.3) is 0 Å². The molecule has 6 heteroatoms. The van der Waals surface area contributed by atoms with Crippen molar-refractivity contribution >= 4 is 45.4 Å². The summed E-state index contributed by atoms with van der Waals surface area (Å²) in [5.74, 6) is 1.90. The lowest BCUT2D eigenvalue weighted by Gasteiger charge is -2.21. The molecule has 1 amide bonds. The Balaban J connectivity index is 1.91. The van der Waals surface area contributed by atoms with Gasteiger partial charge in [0, 0.05) is 15.1 Å². The van der Waals surface area contributed by atoms with Crippen molar-refractivity contribution < 1.29 is 4.79 Å². The highest BCUT2D eigenvalue weighted by Crippen LogP contribution is 2.28. The van der Waals surface area contributed by atoms with Crippen LogP contribution in [0.15, 0.2) is 27.6 Å². The van der Waals surface area contributed by atoms with Crippen molar-refractivity contribution in [2.45, 2.75) is 23.8 Å². The van der Waals surface area contributed by atoms with E-state index in [1.807, 2.05) is 25.1 Å². The van der Waals surface area contributed by atoms with Crippen molar-refractivity contribution in [3.05, 3.63) is 28.2 Å². The molecule has 0 aromatic heterocycles. The van der Waals surface area contributed by atoms with Gasteiger partial charge in [0.1, 0.15) is 5.54 Å². The molecule has 106 valence electrons. The molecule has 0 saturated carbocycles. The second-order valence-electron chi connectivity index (χ2n) is 4.74. The van der Waals surface area contributed by atoms with Gasteiger partial charge in [-0.1, -0.05) is 15.9 Å². The van der Waals surface area contributed by atoms with Gasteiger partial charge in [-0.15, -0.1) is 11.8 Å². The van der Waals surface area contributed by atoms with Gasteiger partial charge >= 0.3 is 0 Å². The minimum Gasteiger partial charge on any atom is -0.336 e. The van der Waals surface area contributed by atoms with Crippen LogP contribution >= 0.6 is 39.5 Å². The first kappa shape index (κ1) is 15.7. The minimum absolute atomic E-state index is 0.0682. The number of carbonyl (C=O) groups is 1. The summed E-state index contributed by atoms with van der Waals surface area (Å²) < 4.78 is 1.04. The van der Waals surface area contributed by atoms with E-state index in [-0.39, 0.29) is 5.91 Å². The molecule has 2 rings (SSSR count). The highest BCUT2D eigenvalue weighted by atomic mass is 79.9. The number of thioether (sulfide) groups is 2. The molecule has 1 atom stereocenters. The van der Waals surface area contributed by atoms with Gasteiger partial charge in [0.05, 0.1) is 11.8 Å². The largest absolute Gasteiger partial charge is 0.336 e. The summed E-state index contributed by atoms with van der Waals surface area (Å²) in [6.45, 7) is 2.02. The molecular weight excluding hydrogens is 356 g/mol. The summed E-state index contributed by atoms with van der Waals surface area (Å²) in [5.41, 5.74) is 0.487. The third-order valence-corrected chi connectivity index (χ3v) is 5.97. The Labute approximate surface area is 136 Å². The smallest absolute Gasteiger partial charge is 0.231 e. The second-order valence-corrected chi connectivity index (χ2v) is 7.78. The maximum absolute atomic E-state index is 12.0.